The van der Waals surface area contributed by atoms with Crippen molar-refractivity contribution in [3.05, 3.63) is 47.5 Å². The van der Waals surface area contributed by atoms with Crippen molar-refractivity contribution in [3.63, 3.8) is 0 Å². The Morgan fingerprint density at radius 3 is 2.96 bits per heavy atom. The molecule has 2 N–H and O–H groups in total. The zero-order chi connectivity index (χ0) is 16.0. The molecule has 6 nitrogen and oxygen atoms in total. The van der Waals surface area contributed by atoms with E-state index in [9.17, 15) is 9.90 Å². The van der Waals surface area contributed by atoms with Crippen LogP contribution in [0.2, 0.25) is 0 Å². The van der Waals surface area contributed by atoms with Gasteiger partial charge in [-0.25, -0.2) is 4.79 Å². The number of aryl methyl sites for hydroxylation is 1. The van der Waals surface area contributed by atoms with E-state index in [4.69, 9.17) is 4.42 Å². The average Bonchev–Trinajstić information content (AvgIpc) is 2.97. The molecule has 0 saturated carbocycles. The number of carboxylic acid groups (broad SMARTS) is 1. The molecule has 116 valence electrons. The number of para-hydroxylation sites is 2. The van der Waals surface area contributed by atoms with Crippen molar-refractivity contribution in [3.8, 4) is 0 Å². The normalized spacial score (nSPS) is 13.7. The molecule has 4 rings (SSSR count). The molecule has 6 heteroatoms. The lowest BCUT2D eigenvalue weighted by atomic mass is 10.1. The largest absolute Gasteiger partial charge is 0.478 e. The molecule has 0 atom stereocenters. The third-order valence-electron chi connectivity index (χ3n) is 4.05. The number of carbonyl (C=O) groups is 1. The number of rotatable bonds is 2. The zero-order valence-electron chi connectivity index (χ0n) is 12.5. The summed E-state index contributed by atoms with van der Waals surface area (Å²) in [4.78, 5) is 17.9. The summed E-state index contributed by atoms with van der Waals surface area (Å²) in [7, 11) is 0. The van der Waals surface area contributed by atoms with Crippen LogP contribution in [0.4, 0.5) is 17.4 Å². The summed E-state index contributed by atoms with van der Waals surface area (Å²) in [6.07, 6.45) is 0. The molecule has 23 heavy (non-hydrogen) atoms. The first-order valence-electron chi connectivity index (χ1n) is 7.39. The number of aromatic carboxylic acids is 1. The van der Waals surface area contributed by atoms with Crippen molar-refractivity contribution in [2.24, 2.45) is 0 Å². The molecule has 2 heterocycles. The van der Waals surface area contributed by atoms with Crippen molar-refractivity contribution in [1.29, 1.82) is 0 Å². The number of hydrogen-bond acceptors (Lipinski definition) is 5. The third kappa shape index (κ3) is 2.11. The van der Waals surface area contributed by atoms with Crippen LogP contribution in [0.25, 0.3) is 11.1 Å². The molecule has 0 aliphatic carbocycles. The lowest BCUT2D eigenvalue weighted by Gasteiger charge is -2.28. The van der Waals surface area contributed by atoms with Gasteiger partial charge in [0.2, 0.25) is 0 Å². The molecule has 1 aliphatic heterocycles. The quantitative estimate of drug-likeness (QED) is 0.755. The molecule has 0 spiro atoms. The van der Waals surface area contributed by atoms with Crippen LogP contribution in [0.1, 0.15) is 15.9 Å². The van der Waals surface area contributed by atoms with Crippen molar-refractivity contribution in [2.45, 2.75) is 6.92 Å². The number of fused-ring (bicyclic) bond motifs is 2. The molecule has 0 radical (unpaired) electrons. The first-order valence-corrected chi connectivity index (χ1v) is 7.39. The summed E-state index contributed by atoms with van der Waals surface area (Å²) < 4.78 is 5.83. The number of benzene rings is 2. The average molecular weight is 309 g/mol. The van der Waals surface area contributed by atoms with Crippen LogP contribution in [-0.4, -0.2) is 29.1 Å². The molecule has 1 aliphatic rings. The first-order chi connectivity index (χ1) is 11.1. The van der Waals surface area contributed by atoms with E-state index in [0.29, 0.717) is 29.2 Å². The Kier molecular flexibility index (Phi) is 2.97. The summed E-state index contributed by atoms with van der Waals surface area (Å²) >= 11 is 0. The molecule has 0 fully saturated rings. The van der Waals surface area contributed by atoms with E-state index in [2.05, 4.69) is 10.3 Å². The minimum absolute atomic E-state index is 0.195. The van der Waals surface area contributed by atoms with E-state index < -0.39 is 5.97 Å². The lowest BCUT2D eigenvalue weighted by molar-refractivity contribution is 0.0698. The van der Waals surface area contributed by atoms with Gasteiger partial charge < -0.3 is 14.8 Å². The predicted octanol–water partition coefficient (Wildman–Crippen LogP) is 3.40. The van der Waals surface area contributed by atoms with E-state index in [1.807, 2.05) is 29.2 Å². The second-order valence-corrected chi connectivity index (χ2v) is 5.50. The SMILES string of the molecule is Cc1ccc2oc(N3CCNc4ccccc43)nc2c1C(=O)O. The maximum absolute atomic E-state index is 11.5. The molecule has 1 aromatic heterocycles. The Morgan fingerprint density at radius 1 is 1.30 bits per heavy atom. The Balaban J connectivity index is 1.88. The second kappa shape index (κ2) is 5.01. The Bertz CT molecular complexity index is 917. The van der Waals surface area contributed by atoms with Gasteiger partial charge in [0.05, 0.1) is 16.9 Å². The minimum atomic E-state index is -0.992. The van der Waals surface area contributed by atoms with E-state index in [-0.39, 0.29) is 5.56 Å². The number of oxazole rings is 1. The number of hydrogen-bond donors (Lipinski definition) is 2. The second-order valence-electron chi connectivity index (χ2n) is 5.50. The standard InChI is InChI=1S/C17H15N3O3/c1-10-6-7-13-15(14(10)16(21)22)19-17(23-13)20-9-8-18-11-4-2-3-5-12(11)20/h2-7,18H,8-9H2,1H3,(H,21,22). The van der Waals surface area contributed by atoms with Crippen molar-refractivity contribution >= 4 is 34.5 Å². The molecule has 0 bridgehead atoms. The summed E-state index contributed by atoms with van der Waals surface area (Å²) in [6.45, 7) is 3.23. The van der Waals surface area contributed by atoms with Crippen LogP contribution in [0.15, 0.2) is 40.8 Å². The Labute approximate surface area is 132 Å². The fourth-order valence-corrected chi connectivity index (χ4v) is 2.95. The highest BCUT2D eigenvalue weighted by atomic mass is 16.4. The number of nitrogens with zero attached hydrogens (tertiary/aromatic N) is 2. The smallest absolute Gasteiger partial charge is 0.338 e. The molecular weight excluding hydrogens is 294 g/mol. The summed E-state index contributed by atoms with van der Waals surface area (Å²) in [5, 5.41) is 12.8. The van der Waals surface area contributed by atoms with Gasteiger partial charge in [0.25, 0.3) is 0 Å². The molecule has 3 aromatic rings. The van der Waals surface area contributed by atoms with Gasteiger partial charge in [-0.1, -0.05) is 18.2 Å². The van der Waals surface area contributed by atoms with Gasteiger partial charge in [-0.3, -0.25) is 4.90 Å². The monoisotopic (exact) mass is 309 g/mol. The molecule has 0 amide bonds. The highest BCUT2D eigenvalue weighted by Crippen LogP contribution is 2.36. The van der Waals surface area contributed by atoms with Crippen molar-refractivity contribution < 1.29 is 14.3 Å². The summed E-state index contributed by atoms with van der Waals surface area (Å²) in [5.74, 6) is -0.992. The molecule has 0 unspecified atom stereocenters. The fraction of sp³-hybridized carbons (Fsp3) is 0.176. The van der Waals surface area contributed by atoms with Crippen LogP contribution < -0.4 is 10.2 Å². The van der Waals surface area contributed by atoms with E-state index in [1.54, 1.807) is 19.1 Å². The summed E-state index contributed by atoms with van der Waals surface area (Å²) in [6, 6.07) is 11.8. The van der Waals surface area contributed by atoms with Crippen LogP contribution in [0.5, 0.6) is 0 Å². The maximum Gasteiger partial charge on any atom is 0.338 e. The van der Waals surface area contributed by atoms with Gasteiger partial charge in [-0.05, 0) is 30.7 Å². The Hall–Kier alpha value is -3.02. The first kappa shape index (κ1) is 13.6. The van der Waals surface area contributed by atoms with Gasteiger partial charge in [-0.15, -0.1) is 0 Å². The lowest BCUT2D eigenvalue weighted by Crippen LogP contribution is -2.30. The third-order valence-corrected chi connectivity index (χ3v) is 4.05. The predicted molar refractivity (Wildman–Crippen MR) is 87.6 cm³/mol. The zero-order valence-corrected chi connectivity index (χ0v) is 12.5. The number of carboxylic acids is 1. The molecule has 0 saturated heterocycles. The van der Waals surface area contributed by atoms with E-state index >= 15 is 0 Å². The molecule has 2 aromatic carbocycles. The summed E-state index contributed by atoms with van der Waals surface area (Å²) in [5.41, 5.74) is 3.73. The number of aromatic nitrogens is 1. The van der Waals surface area contributed by atoms with E-state index in [0.717, 1.165) is 17.9 Å². The Morgan fingerprint density at radius 2 is 2.13 bits per heavy atom. The fourth-order valence-electron chi connectivity index (χ4n) is 2.95. The van der Waals surface area contributed by atoms with Gasteiger partial charge in [-0.2, -0.15) is 4.98 Å². The topological polar surface area (TPSA) is 78.6 Å². The van der Waals surface area contributed by atoms with Crippen LogP contribution in [0.3, 0.4) is 0 Å². The van der Waals surface area contributed by atoms with Crippen molar-refractivity contribution in [2.75, 3.05) is 23.3 Å². The number of nitrogens with one attached hydrogen (secondary N) is 1. The number of anilines is 3. The van der Waals surface area contributed by atoms with Gasteiger partial charge in [0, 0.05) is 13.1 Å². The molecular formula is C17H15N3O3. The van der Waals surface area contributed by atoms with Crippen molar-refractivity contribution in [1.82, 2.24) is 4.98 Å². The van der Waals surface area contributed by atoms with Crippen LogP contribution in [-0.2, 0) is 0 Å². The van der Waals surface area contributed by atoms with Gasteiger partial charge >= 0.3 is 12.0 Å². The maximum atomic E-state index is 11.5. The van der Waals surface area contributed by atoms with Crippen LogP contribution in [0, 0.1) is 6.92 Å². The van der Waals surface area contributed by atoms with Gasteiger partial charge in [0.1, 0.15) is 5.52 Å². The van der Waals surface area contributed by atoms with E-state index in [1.165, 1.54) is 0 Å². The highest BCUT2D eigenvalue weighted by Gasteiger charge is 2.24. The van der Waals surface area contributed by atoms with Crippen LogP contribution >= 0.6 is 0 Å². The highest BCUT2D eigenvalue weighted by molar-refractivity contribution is 6.02. The van der Waals surface area contributed by atoms with Gasteiger partial charge in [0.15, 0.2) is 5.58 Å². The minimum Gasteiger partial charge on any atom is -0.478 e.